The minimum atomic E-state index is 0.688. The molecule has 0 amide bonds. The molecule has 0 aromatic carbocycles. The van der Waals surface area contributed by atoms with Gasteiger partial charge in [-0.15, -0.1) is 6.58 Å². The van der Waals surface area contributed by atoms with Gasteiger partial charge in [0.1, 0.15) is 0 Å². The number of nitrogens with two attached hydrogens (primary N) is 1. The van der Waals surface area contributed by atoms with Gasteiger partial charge in [0, 0.05) is 0 Å². The average Bonchev–Trinajstić information content (AvgIpc) is 2.04. The fourth-order valence-corrected chi connectivity index (χ4v) is 1.08. The van der Waals surface area contributed by atoms with Crippen LogP contribution in [0.5, 0.6) is 0 Å². The highest BCUT2D eigenvalue weighted by atomic mass is 14.5. The van der Waals surface area contributed by atoms with Crippen molar-refractivity contribution in [1.29, 1.82) is 0 Å². The van der Waals surface area contributed by atoms with Crippen molar-refractivity contribution in [2.24, 2.45) is 11.7 Å². The van der Waals surface area contributed by atoms with Crippen LogP contribution in [0.2, 0.25) is 0 Å². The molecule has 0 heterocycles. The van der Waals surface area contributed by atoms with Gasteiger partial charge in [-0.25, -0.2) is 0 Å². The zero-order chi connectivity index (χ0) is 8.53. The number of allylic oxidation sites excluding steroid dienone is 1. The van der Waals surface area contributed by atoms with Gasteiger partial charge in [0.05, 0.1) is 0 Å². The lowest BCUT2D eigenvalue weighted by atomic mass is 10.0. The van der Waals surface area contributed by atoms with Crippen LogP contribution in [-0.4, -0.2) is 6.54 Å². The molecule has 2 N–H and O–H groups in total. The summed E-state index contributed by atoms with van der Waals surface area (Å²) in [4.78, 5) is 0. The Morgan fingerprint density at radius 1 is 1.27 bits per heavy atom. The fraction of sp³-hybridized carbons (Fsp3) is 0.800. The minimum Gasteiger partial charge on any atom is -0.330 e. The van der Waals surface area contributed by atoms with Gasteiger partial charge < -0.3 is 5.73 Å². The van der Waals surface area contributed by atoms with Gasteiger partial charge in [-0.1, -0.05) is 32.3 Å². The molecule has 1 atom stereocenters. The third-order valence-electron chi connectivity index (χ3n) is 2.02. The lowest BCUT2D eigenvalue weighted by Crippen LogP contribution is -1.97. The summed E-state index contributed by atoms with van der Waals surface area (Å²) in [7, 11) is 0. The maximum absolute atomic E-state index is 5.38. The maximum Gasteiger partial charge on any atom is -0.00773 e. The summed E-state index contributed by atoms with van der Waals surface area (Å²) in [5.41, 5.74) is 5.38. The first kappa shape index (κ1) is 10.7. The van der Waals surface area contributed by atoms with E-state index in [1.165, 1.54) is 32.1 Å². The highest BCUT2D eigenvalue weighted by Gasteiger charge is 1.94. The standard InChI is InChI=1S/C10H21N/c1-3-10(2)8-6-4-5-7-9-11/h3,10H,1,4-9,11H2,2H3. The SMILES string of the molecule is C=CC(C)CCCCCCN. The van der Waals surface area contributed by atoms with Crippen LogP contribution in [0.25, 0.3) is 0 Å². The minimum absolute atomic E-state index is 0.688. The van der Waals surface area contributed by atoms with E-state index in [0.717, 1.165) is 6.54 Å². The van der Waals surface area contributed by atoms with Crippen molar-refractivity contribution in [3.8, 4) is 0 Å². The number of hydrogen-bond acceptors (Lipinski definition) is 1. The summed E-state index contributed by atoms with van der Waals surface area (Å²) in [5.74, 6) is 0.688. The molecule has 0 saturated carbocycles. The molecule has 0 aliphatic rings. The second-order valence-electron chi connectivity index (χ2n) is 3.20. The Hall–Kier alpha value is -0.300. The smallest absolute Gasteiger partial charge is 0.00773 e. The van der Waals surface area contributed by atoms with Crippen LogP contribution in [-0.2, 0) is 0 Å². The Morgan fingerprint density at radius 2 is 1.91 bits per heavy atom. The van der Waals surface area contributed by atoms with Gasteiger partial charge in [0.25, 0.3) is 0 Å². The third-order valence-corrected chi connectivity index (χ3v) is 2.02. The molecular weight excluding hydrogens is 134 g/mol. The summed E-state index contributed by atoms with van der Waals surface area (Å²) in [6.07, 6.45) is 8.45. The maximum atomic E-state index is 5.38. The molecule has 0 aromatic heterocycles. The molecule has 66 valence electrons. The molecule has 0 fully saturated rings. The molecule has 1 nitrogen and oxygen atoms in total. The Kier molecular flexibility index (Phi) is 7.59. The molecule has 0 radical (unpaired) electrons. The van der Waals surface area contributed by atoms with Crippen molar-refractivity contribution in [2.45, 2.75) is 39.0 Å². The molecule has 11 heavy (non-hydrogen) atoms. The van der Waals surface area contributed by atoms with Gasteiger partial charge in [0.15, 0.2) is 0 Å². The lowest BCUT2D eigenvalue weighted by Gasteiger charge is -2.03. The molecule has 0 aromatic rings. The molecular formula is C10H21N. The summed E-state index contributed by atoms with van der Waals surface area (Å²) >= 11 is 0. The summed E-state index contributed by atoms with van der Waals surface area (Å²) in [5, 5.41) is 0. The van der Waals surface area contributed by atoms with E-state index in [1.807, 2.05) is 6.08 Å². The highest BCUT2D eigenvalue weighted by Crippen LogP contribution is 2.10. The average molecular weight is 155 g/mol. The Bertz CT molecular complexity index is 88.9. The Balaban J connectivity index is 2.95. The van der Waals surface area contributed by atoms with Crippen LogP contribution >= 0.6 is 0 Å². The van der Waals surface area contributed by atoms with Crippen LogP contribution in [0, 0.1) is 5.92 Å². The molecule has 0 spiro atoms. The second-order valence-corrected chi connectivity index (χ2v) is 3.20. The van der Waals surface area contributed by atoms with Gasteiger partial charge in [0.2, 0.25) is 0 Å². The third kappa shape index (κ3) is 7.60. The first-order valence-corrected chi connectivity index (χ1v) is 4.64. The van der Waals surface area contributed by atoms with Crippen LogP contribution in [0.4, 0.5) is 0 Å². The summed E-state index contributed by atoms with van der Waals surface area (Å²) in [6.45, 7) is 6.82. The molecule has 0 rings (SSSR count). The zero-order valence-corrected chi connectivity index (χ0v) is 7.68. The van der Waals surface area contributed by atoms with Crippen LogP contribution in [0.15, 0.2) is 12.7 Å². The quantitative estimate of drug-likeness (QED) is 0.444. The van der Waals surface area contributed by atoms with Crippen molar-refractivity contribution in [3.63, 3.8) is 0 Å². The predicted octanol–water partition coefficient (Wildman–Crippen LogP) is 2.72. The lowest BCUT2D eigenvalue weighted by molar-refractivity contribution is 0.556. The largest absolute Gasteiger partial charge is 0.330 e. The van der Waals surface area contributed by atoms with E-state index < -0.39 is 0 Å². The molecule has 1 unspecified atom stereocenters. The molecule has 1 heteroatoms. The number of rotatable bonds is 7. The van der Waals surface area contributed by atoms with E-state index in [-0.39, 0.29) is 0 Å². The monoisotopic (exact) mass is 155 g/mol. The van der Waals surface area contributed by atoms with Crippen LogP contribution in [0.3, 0.4) is 0 Å². The predicted molar refractivity (Wildman–Crippen MR) is 51.5 cm³/mol. The molecule has 0 bridgehead atoms. The van der Waals surface area contributed by atoms with Gasteiger partial charge in [-0.2, -0.15) is 0 Å². The Labute approximate surface area is 70.7 Å². The van der Waals surface area contributed by atoms with E-state index >= 15 is 0 Å². The van der Waals surface area contributed by atoms with Gasteiger partial charge in [-0.3, -0.25) is 0 Å². The van der Waals surface area contributed by atoms with Crippen molar-refractivity contribution in [2.75, 3.05) is 6.54 Å². The fourth-order valence-electron chi connectivity index (χ4n) is 1.08. The van der Waals surface area contributed by atoms with Crippen molar-refractivity contribution < 1.29 is 0 Å². The van der Waals surface area contributed by atoms with Crippen molar-refractivity contribution >= 4 is 0 Å². The van der Waals surface area contributed by atoms with Gasteiger partial charge in [-0.05, 0) is 25.3 Å². The van der Waals surface area contributed by atoms with E-state index in [2.05, 4.69) is 13.5 Å². The molecule has 0 aliphatic heterocycles. The summed E-state index contributed by atoms with van der Waals surface area (Å²) < 4.78 is 0. The van der Waals surface area contributed by atoms with E-state index in [1.54, 1.807) is 0 Å². The second kappa shape index (κ2) is 7.80. The van der Waals surface area contributed by atoms with Gasteiger partial charge >= 0.3 is 0 Å². The van der Waals surface area contributed by atoms with E-state index in [0.29, 0.717) is 5.92 Å². The molecule has 0 saturated heterocycles. The molecule has 0 aliphatic carbocycles. The highest BCUT2D eigenvalue weighted by molar-refractivity contribution is 4.74. The normalized spacial score (nSPS) is 12.9. The topological polar surface area (TPSA) is 26.0 Å². The van der Waals surface area contributed by atoms with E-state index in [4.69, 9.17) is 5.73 Å². The van der Waals surface area contributed by atoms with Crippen LogP contribution in [0.1, 0.15) is 39.0 Å². The Morgan fingerprint density at radius 3 is 2.45 bits per heavy atom. The number of unbranched alkanes of at least 4 members (excludes halogenated alkanes) is 3. The first-order chi connectivity index (χ1) is 5.31. The van der Waals surface area contributed by atoms with Crippen molar-refractivity contribution in [1.82, 2.24) is 0 Å². The van der Waals surface area contributed by atoms with Crippen molar-refractivity contribution in [3.05, 3.63) is 12.7 Å². The van der Waals surface area contributed by atoms with Crippen LogP contribution < -0.4 is 5.73 Å². The number of hydrogen-bond donors (Lipinski definition) is 1. The zero-order valence-electron chi connectivity index (χ0n) is 7.68. The first-order valence-electron chi connectivity index (χ1n) is 4.64. The summed E-state index contributed by atoms with van der Waals surface area (Å²) in [6, 6.07) is 0. The van der Waals surface area contributed by atoms with E-state index in [9.17, 15) is 0 Å².